The molecule has 0 aliphatic carbocycles. The summed E-state index contributed by atoms with van der Waals surface area (Å²) < 4.78 is 25.3. The molecule has 1 rings (SSSR count). The third-order valence-corrected chi connectivity index (χ3v) is 2.16. The van der Waals surface area contributed by atoms with Gasteiger partial charge in [-0.25, -0.2) is 0 Å². The van der Waals surface area contributed by atoms with Gasteiger partial charge in [-0.05, 0) is 11.6 Å². The summed E-state index contributed by atoms with van der Waals surface area (Å²) in [6.07, 6.45) is 0. The van der Waals surface area contributed by atoms with Gasteiger partial charge in [0.1, 0.15) is 0 Å². The molecule has 0 amide bonds. The van der Waals surface area contributed by atoms with Crippen molar-refractivity contribution in [3.05, 3.63) is 35.4 Å². The SMILES string of the molecule is N#Cc1ccccc1COS(=O)(=O)Cl. The maximum atomic E-state index is 10.5. The molecule has 0 spiro atoms. The Balaban J connectivity index is 2.83. The average molecular weight is 232 g/mol. The summed E-state index contributed by atoms with van der Waals surface area (Å²) >= 11 is 0. The standard InChI is InChI=1S/C8H6ClNO3S/c9-14(11,12)13-6-8-4-2-1-3-7(8)5-10/h1-4H,6H2. The highest BCUT2D eigenvalue weighted by molar-refractivity contribution is 8.09. The van der Waals surface area contributed by atoms with Gasteiger partial charge in [0.15, 0.2) is 0 Å². The Morgan fingerprint density at radius 2 is 2.07 bits per heavy atom. The smallest absolute Gasteiger partial charge is 0.253 e. The molecule has 4 nitrogen and oxygen atoms in total. The van der Waals surface area contributed by atoms with E-state index in [1.54, 1.807) is 24.3 Å². The number of nitriles is 1. The maximum absolute atomic E-state index is 10.5. The van der Waals surface area contributed by atoms with Gasteiger partial charge in [-0.1, -0.05) is 18.2 Å². The van der Waals surface area contributed by atoms with Gasteiger partial charge in [0.2, 0.25) is 0 Å². The van der Waals surface area contributed by atoms with Crippen LogP contribution in [0.15, 0.2) is 24.3 Å². The molecular weight excluding hydrogens is 226 g/mol. The van der Waals surface area contributed by atoms with Crippen molar-refractivity contribution >= 4 is 20.0 Å². The van der Waals surface area contributed by atoms with Crippen molar-refractivity contribution in [2.24, 2.45) is 0 Å². The van der Waals surface area contributed by atoms with Crippen molar-refractivity contribution in [3.63, 3.8) is 0 Å². The molecule has 0 unspecified atom stereocenters. The predicted octanol–water partition coefficient (Wildman–Crippen LogP) is 1.56. The number of rotatable bonds is 3. The fourth-order valence-corrected chi connectivity index (χ4v) is 1.29. The molecule has 0 atom stereocenters. The molecule has 0 saturated carbocycles. The summed E-state index contributed by atoms with van der Waals surface area (Å²) in [5, 5.41) is 8.66. The number of nitrogens with zero attached hydrogens (tertiary/aromatic N) is 1. The van der Waals surface area contributed by atoms with E-state index >= 15 is 0 Å². The van der Waals surface area contributed by atoms with Crippen molar-refractivity contribution in [1.29, 1.82) is 5.26 Å². The van der Waals surface area contributed by atoms with Crippen LogP contribution in [-0.4, -0.2) is 8.42 Å². The Morgan fingerprint density at radius 1 is 1.43 bits per heavy atom. The molecule has 0 aliphatic rings. The van der Waals surface area contributed by atoms with E-state index in [9.17, 15) is 8.42 Å². The fourth-order valence-electron chi connectivity index (χ4n) is 0.889. The molecular formula is C8H6ClNO3S. The summed E-state index contributed by atoms with van der Waals surface area (Å²) in [7, 11) is 0.861. The van der Waals surface area contributed by atoms with E-state index in [4.69, 9.17) is 15.9 Å². The van der Waals surface area contributed by atoms with E-state index in [2.05, 4.69) is 4.18 Å². The van der Waals surface area contributed by atoms with E-state index in [-0.39, 0.29) is 6.61 Å². The lowest BCUT2D eigenvalue weighted by molar-refractivity contribution is 0.318. The Kier molecular flexibility index (Phi) is 3.47. The largest absolute Gasteiger partial charge is 0.355 e. The second-order valence-electron chi connectivity index (χ2n) is 2.42. The number of hydrogen-bond acceptors (Lipinski definition) is 4. The summed E-state index contributed by atoms with van der Waals surface area (Å²) in [6, 6.07) is 8.44. The highest BCUT2D eigenvalue weighted by Gasteiger charge is 2.07. The van der Waals surface area contributed by atoms with Gasteiger partial charge in [0.05, 0.1) is 18.2 Å². The minimum atomic E-state index is -3.98. The van der Waals surface area contributed by atoms with Crippen LogP contribution in [-0.2, 0) is 20.1 Å². The van der Waals surface area contributed by atoms with Crippen LogP contribution in [0.4, 0.5) is 0 Å². The molecule has 14 heavy (non-hydrogen) atoms. The zero-order valence-corrected chi connectivity index (χ0v) is 8.55. The van der Waals surface area contributed by atoms with Crippen LogP contribution in [0.3, 0.4) is 0 Å². The van der Waals surface area contributed by atoms with Crippen LogP contribution >= 0.6 is 10.7 Å². The monoisotopic (exact) mass is 231 g/mol. The van der Waals surface area contributed by atoms with E-state index in [1.165, 1.54) is 0 Å². The lowest BCUT2D eigenvalue weighted by Gasteiger charge is -2.01. The average Bonchev–Trinajstić information content (AvgIpc) is 2.14. The van der Waals surface area contributed by atoms with Gasteiger partial charge in [0.25, 0.3) is 0 Å². The van der Waals surface area contributed by atoms with Gasteiger partial charge >= 0.3 is 9.33 Å². The van der Waals surface area contributed by atoms with Crippen molar-refractivity contribution in [3.8, 4) is 6.07 Å². The number of benzene rings is 1. The van der Waals surface area contributed by atoms with Gasteiger partial charge in [0, 0.05) is 10.7 Å². The Labute approximate surface area is 86.3 Å². The molecule has 0 aromatic heterocycles. The Hall–Kier alpha value is -1.09. The first-order valence-corrected chi connectivity index (χ1v) is 5.83. The van der Waals surface area contributed by atoms with Crippen LogP contribution in [0.5, 0.6) is 0 Å². The predicted molar refractivity (Wildman–Crippen MR) is 50.7 cm³/mol. The number of hydrogen-bond donors (Lipinski definition) is 0. The van der Waals surface area contributed by atoms with Crippen molar-refractivity contribution in [2.75, 3.05) is 0 Å². The topological polar surface area (TPSA) is 67.2 Å². The molecule has 0 saturated heterocycles. The first-order valence-electron chi connectivity index (χ1n) is 3.60. The van der Waals surface area contributed by atoms with Gasteiger partial charge < -0.3 is 0 Å². The molecule has 0 radical (unpaired) electrons. The molecule has 1 aromatic carbocycles. The Bertz CT molecular complexity index is 464. The molecule has 0 aliphatic heterocycles. The highest BCUT2D eigenvalue weighted by Crippen LogP contribution is 2.11. The first-order chi connectivity index (χ1) is 6.53. The summed E-state index contributed by atoms with van der Waals surface area (Å²) in [4.78, 5) is 0. The third-order valence-electron chi connectivity index (χ3n) is 1.49. The molecule has 74 valence electrons. The van der Waals surface area contributed by atoms with Crippen LogP contribution in [0.25, 0.3) is 0 Å². The molecule has 6 heteroatoms. The fraction of sp³-hybridized carbons (Fsp3) is 0.125. The minimum Gasteiger partial charge on any atom is -0.253 e. The van der Waals surface area contributed by atoms with Crippen molar-refractivity contribution < 1.29 is 12.6 Å². The normalized spacial score (nSPS) is 10.9. The quantitative estimate of drug-likeness (QED) is 0.741. The van der Waals surface area contributed by atoms with E-state index < -0.39 is 9.33 Å². The van der Waals surface area contributed by atoms with Crippen LogP contribution in [0, 0.1) is 11.3 Å². The Morgan fingerprint density at radius 3 is 2.64 bits per heavy atom. The van der Waals surface area contributed by atoms with Crippen LogP contribution < -0.4 is 0 Å². The lowest BCUT2D eigenvalue weighted by Crippen LogP contribution is -1.99. The second-order valence-corrected chi connectivity index (χ2v) is 4.58. The van der Waals surface area contributed by atoms with Gasteiger partial charge in [-0.3, -0.25) is 4.18 Å². The maximum Gasteiger partial charge on any atom is 0.355 e. The summed E-state index contributed by atoms with van der Waals surface area (Å²) in [6.45, 7) is -0.227. The second kappa shape index (κ2) is 4.42. The van der Waals surface area contributed by atoms with Crippen LogP contribution in [0.2, 0.25) is 0 Å². The zero-order chi connectivity index (χ0) is 10.6. The summed E-state index contributed by atoms with van der Waals surface area (Å²) in [5.41, 5.74) is 0.854. The van der Waals surface area contributed by atoms with Crippen molar-refractivity contribution in [2.45, 2.75) is 6.61 Å². The lowest BCUT2D eigenvalue weighted by atomic mass is 10.1. The van der Waals surface area contributed by atoms with E-state index in [0.29, 0.717) is 11.1 Å². The molecule has 0 fully saturated rings. The zero-order valence-electron chi connectivity index (χ0n) is 6.97. The van der Waals surface area contributed by atoms with E-state index in [0.717, 1.165) is 0 Å². The molecule has 1 aromatic rings. The minimum absolute atomic E-state index is 0.227. The van der Waals surface area contributed by atoms with Crippen molar-refractivity contribution in [1.82, 2.24) is 0 Å². The first kappa shape index (κ1) is 11.0. The van der Waals surface area contributed by atoms with E-state index in [1.807, 2.05) is 6.07 Å². The third kappa shape index (κ3) is 3.34. The van der Waals surface area contributed by atoms with Crippen LogP contribution in [0.1, 0.15) is 11.1 Å². The van der Waals surface area contributed by atoms with Gasteiger partial charge in [-0.15, -0.1) is 0 Å². The molecule has 0 bridgehead atoms. The summed E-state index contributed by atoms with van der Waals surface area (Å²) in [5.74, 6) is 0. The number of halogens is 1. The molecule has 0 heterocycles. The highest BCUT2D eigenvalue weighted by atomic mass is 35.7. The molecule has 0 N–H and O–H groups in total. The van der Waals surface area contributed by atoms with Gasteiger partial charge in [-0.2, -0.15) is 13.7 Å².